The minimum absolute atomic E-state index is 0.0336. The molecule has 0 N–H and O–H groups in total. The molecule has 1 aliphatic rings. The molecular formula is C10H8ClFO. The van der Waals surface area contributed by atoms with E-state index in [1.54, 1.807) is 0 Å². The lowest BCUT2D eigenvalue weighted by atomic mass is 9.90. The van der Waals surface area contributed by atoms with E-state index in [1.807, 2.05) is 0 Å². The first kappa shape index (κ1) is 8.70. The maximum Gasteiger partial charge on any atom is 0.164 e. The predicted octanol–water partition coefficient (Wildman–Crippen LogP) is 3.00. The van der Waals surface area contributed by atoms with Crippen LogP contribution in [0.4, 0.5) is 4.39 Å². The lowest BCUT2D eigenvalue weighted by Gasteiger charge is -2.15. The van der Waals surface area contributed by atoms with Crippen molar-refractivity contribution in [3.63, 3.8) is 0 Å². The van der Waals surface area contributed by atoms with E-state index < -0.39 is 0 Å². The molecule has 13 heavy (non-hydrogen) atoms. The monoisotopic (exact) mass is 198 g/mol. The van der Waals surface area contributed by atoms with Crippen LogP contribution in [0.3, 0.4) is 0 Å². The molecule has 0 saturated carbocycles. The summed E-state index contributed by atoms with van der Waals surface area (Å²) in [5.74, 6) is -0.329. The molecule has 1 nitrogen and oxygen atoms in total. The summed E-state index contributed by atoms with van der Waals surface area (Å²) in [4.78, 5) is 11.4. The molecule has 0 atom stereocenters. The molecule has 1 aromatic carbocycles. The van der Waals surface area contributed by atoms with Crippen molar-refractivity contribution in [2.75, 3.05) is 0 Å². The molecule has 0 unspecified atom stereocenters. The van der Waals surface area contributed by atoms with Gasteiger partial charge in [-0.05, 0) is 30.5 Å². The van der Waals surface area contributed by atoms with Crippen molar-refractivity contribution in [2.24, 2.45) is 0 Å². The average molecular weight is 199 g/mol. The number of ketones is 1. The van der Waals surface area contributed by atoms with E-state index in [4.69, 9.17) is 11.6 Å². The van der Waals surface area contributed by atoms with Crippen LogP contribution in [0.15, 0.2) is 12.1 Å². The van der Waals surface area contributed by atoms with Crippen LogP contribution in [0, 0.1) is 5.82 Å². The Balaban J connectivity index is 2.63. The molecule has 1 aliphatic carbocycles. The Bertz CT molecular complexity index is 373. The van der Waals surface area contributed by atoms with Gasteiger partial charge in [0.25, 0.3) is 0 Å². The number of carbonyl (C=O) groups is 1. The summed E-state index contributed by atoms with van der Waals surface area (Å²) in [6.07, 6.45) is 2.07. The van der Waals surface area contributed by atoms with E-state index in [0.29, 0.717) is 12.0 Å². The highest BCUT2D eigenvalue weighted by molar-refractivity contribution is 6.34. The van der Waals surface area contributed by atoms with Crippen LogP contribution in [0.25, 0.3) is 0 Å². The quantitative estimate of drug-likeness (QED) is 0.626. The average Bonchev–Trinajstić information content (AvgIpc) is 2.02. The Morgan fingerprint density at radius 1 is 1.31 bits per heavy atom. The van der Waals surface area contributed by atoms with E-state index in [0.717, 1.165) is 18.4 Å². The van der Waals surface area contributed by atoms with Gasteiger partial charge in [0, 0.05) is 12.0 Å². The molecule has 0 spiro atoms. The van der Waals surface area contributed by atoms with Crippen LogP contribution in [-0.4, -0.2) is 5.78 Å². The van der Waals surface area contributed by atoms with Crippen LogP contribution in [0.5, 0.6) is 0 Å². The predicted molar refractivity (Wildman–Crippen MR) is 48.7 cm³/mol. The molecule has 3 heteroatoms. The summed E-state index contributed by atoms with van der Waals surface area (Å²) in [6, 6.07) is 2.60. The van der Waals surface area contributed by atoms with Gasteiger partial charge in [0.15, 0.2) is 5.78 Å². The number of Topliss-reactive ketones (excluding diaryl/α,β-unsaturated/α-hetero) is 1. The van der Waals surface area contributed by atoms with Crippen molar-refractivity contribution in [1.82, 2.24) is 0 Å². The van der Waals surface area contributed by atoms with Gasteiger partial charge in [0.1, 0.15) is 5.82 Å². The fourth-order valence-corrected chi connectivity index (χ4v) is 2.03. The zero-order valence-electron chi connectivity index (χ0n) is 6.94. The smallest absolute Gasteiger partial charge is 0.164 e. The number of rotatable bonds is 0. The number of fused-ring (bicyclic) bond motifs is 1. The molecular weight excluding hydrogens is 191 g/mol. The second-order valence-corrected chi connectivity index (χ2v) is 3.61. The molecule has 0 aliphatic heterocycles. The van der Waals surface area contributed by atoms with Crippen molar-refractivity contribution in [1.29, 1.82) is 0 Å². The molecule has 0 radical (unpaired) electrons. The van der Waals surface area contributed by atoms with Crippen LogP contribution < -0.4 is 0 Å². The summed E-state index contributed by atoms with van der Waals surface area (Å²) < 4.78 is 12.9. The Hall–Kier alpha value is -0.890. The van der Waals surface area contributed by atoms with Crippen LogP contribution in [-0.2, 0) is 6.42 Å². The molecule has 0 amide bonds. The Labute approximate surface area is 80.5 Å². The molecule has 0 saturated heterocycles. The molecule has 0 bridgehead atoms. The summed E-state index contributed by atoms with van der Waals surface area (Å²) in [6.45, 7) is 0. The van der Waals surface area contributed by atoms with E-state index in [9.17, 15) is 9.18 Å². The van der Waals surface area contributed by atoms with Crippen molar-refractivity contribution >= 4 is 17.4 Å². The molecule has 0 heterocycles. The summed E-state index contributed by atoms with van der Waals surface area (Å²) in [5, 5.41) is 0.250. The van der Waals surface area contributed by atoms with Gasteiger partial charge >= 0.3 is 0 Å². The molecule has 68 valence electrons. The highest BCUT2D eigenvalue weighted by Gasteiger charge is 2.20. The number of aryl methyl sites for hydroxylation is 1. The minimum atomic E-state index is -0.363. The number of halogens is 2. The second-order valence-electron chi connectivity index (χ2n) is 3.20. The zero-order valence-corrected chi connectivity index (χ0v) is 7.70. The first-order valence-electron chi connectivity index (χ1n) is 4.19. The molecule has 0 aromatic heterocycles. The Morgan fingerprint density at radius 2 is 2.08 bits per heavy atom. The standard InChI is InChI=1S/C10H8ClFO/c11-8-5-7(12)4-6-2-1-3-9(13)10(6)8/h4-5H,1-3H2. The van der Waals surface area contributed by atoms with Crippen LogP contribution >= 0.6 is 11.6 Å². The highest BCUT2D eigenvalue weighted by Crippen LogP contribution is 2.28. The molecule has 0 fully saturated rings. The zero-order chi connectivity index (χ0) is 9.42. The lowest BCUT2D eigenvalue weighted by molar-refractivity contribution is 0.0972. The van der Waals surface area contributed by atoms with Gasteiger partial charge in [0.2, 0.25) is 0 Å². The Morgan fingerprint density at radius 3 is 2.85 bits per heavy atom. The Kier molecular flexibility index (Phi) is 2.08. The largest absolute Gasteiger partial charge is 0.294 e. The van der Waals surface area contributed by atoms with E-state index in [-0.39, 0.29) is 16.6 Å². The van der Waals surface area contributed by atoms with Crippen molar-refractivity contribution in [3.8, 4) is 0 Å². The second kappa shape index (κ2) is 3.11. The van der Waals surface area contributed by atoms with Crippen molar-refractivity contribution in [2.45, 2.75) is 19.3 Å². The molecule has 1 aromatic rings. The summed E-state index contributed by atoms with van der Waals surface area (Å²) in [5.41, 5.74) is 1.27. The third-order valence-electron chi connectivity index (χ3n) is 2.27. The minimum Gasteiger partial charge on any atom is -0.294 e. The third kappa shape index (κ3) is 1.46. The fourth-order valence-electron chi connectivity index (χ4n) is 1.70. The van der Waals surface area contributed by atoms with Gasteiger partial charge in [-0.2, -0.15) is 0 Å². The van der Waals surface area contributed by atoms with Crippen molar-refractivity contribution < 1.29 is 9.18 Å². The first-order chi connectivity index (χ1) is 6.18. The van der Waals surface area contributed by atoms with Gasteiger partial charge in [-0.3, -0.25) is 4.79 Å². The highest BCUT2D eigenvalue weighted by atomic mass is 35.5. The van der Waals surface area contributed by atoms with Gasteiger partial charge in [-0.15, -0.1) is 0 Å². The van der Waals surface area contributed by atoms with Gasteiger partial charge < -0.3 is 0 Å². The number of hydrogen-bond acceptors (Lipinski definition) is 1. The summed E-state index contributed by atoms with van der Waals surface area (Å²) in [7, 11) is 0. The van der Waals surface area contributed by atoms with Crippen LogP contribution in [0.1, 0.15) is 28.8 Å². The first-order valence-corrected chi connectivity index (χ1v) is 4.57. The number of benzene rings is 1. The third-order valence-corrected chi connectivity index (χ3v) is 2.56. The normalized spacial score (nSPS) is 15.7. The maximum atomic E-state index is 12.9. The van der Waals surface area contributed by atoms with Gasteiger partial charge in [-0.25, -0.2) is 4.39 Å². The maximum absolute atomic E-state index is 12.9. The number of carbonyl (C=O) groups excluding carboxylic acids is 1. The van der Waals surface area contributed by atoms with E-state index in [2.05, 4.69) is 0 Å². The SMILES string of the molecule is O=C1CCCc2cc(F)cc(Cl)c21. The van der Waals surface area contributed by atoms with Crippen molar-refractivity contribution in [3.05, 3.63) is 34.1 Å². The summed E-state index contributed by atoms with van der Waals surface area (Å²) >= 11 is 5.78. The van der Waals surface area contributed by atoms with Gasteiger partial charge in [-0.1, -0.05) is 11.6 Å². The lowest BCUT2D eigenvalue weighted by Crippen LogP contribution is -2.11. The van der Waals surface area contributed by atoms with Crippen LogP contribution in [0.2, 0.25) is 5.02 Å². The number of hydrogen-bond donors (Lipinski definition) is 0. The fraction of sp³-hybridized carbons (Fsp3) is 0.300. The van der Waals surface area contributed by atoms with E-state index >= 15 is 0 Å². The van der Waals surface area contributed by atoms with Gasteiger partial charge in [0.05, 0.1) is 5.02 Å². The van der Waals surface area contributed by atoms with E-state index in [1.165, 1.54) is 12.1 Å². The molecule has 2 rings (SSSR count). The topological polar surface area (TPSA) is 17.1 Å².